The van der Waals surface area contributed by atoms with Crippen molar-refractivity contribution in [3.8, 4) is 0 Å². The number of aliphatic carboxylic acids is 1. The molecule has 90 valence electrons. The Bertz CT molecular complexity index is 410. The summed E-state index contributed by atoms with van der Waals surface area (Å²) in [4.78, 5) is 18.6. The third kappa shape index (κ3) is 3.53. The van der Waals surface area contributed by atoms with E-state index in [0.717, 1.165) is 25.6 Å². The van der Waals surface area contributed by atoms with Gasteiger partial charge in [-0.2, -0.15) is 0 Å². The molecule has 0 amide bonds. The van der Waals surface area contributed by atoms with Crippen LogP contribution in [0.25, 0.3) is 6.08 Å². The zero-order chi connectivity index (χ0) is 12.1. The Morgan fingerprint density at radius 3 is 3.00 bits per heavy atom. The zero-order valence-corrected chi connectivity index (χ0v) is 9.26. The van der Waals surface area contributed by atoms with Crippen LogP contribution in [0.1, 0.15) is 12.1 Å². The summed E-state index contributed by atoms with van der Waals surface area (Å²) < 4.78 is 0. The molecule has 1 aliphatic heterocycles. The Morgan fingerprint density at radius 2 is 2.41 bits per heavy atom. The molecule has 0 unspecified atom stereocenters. The van der Waals surface area contributed by atoms with Gasteiger partial charge in [-0.3, -0.25) is 4.98 Å². The standard InChI is InChI=1S/C11H14N4O2/c16-11(17)2-1-8-6-14-10(7-13-8)15-9-3-4-12-5-9/h1-2,6-7,9,12H,3-5H2,(H,14,15)(H,16,17)/b2-1+/t9-/m1/s1. The maximum Gasteiger partial charge on any atom is 0.328 e. The van der Waals surface area contributed by atoms with Crippen LogP contribution in [0.2, 0.25) is 0 Å². The van der Waals surface area contributed by atoms with Crippen molar-refractivity contribution in [2.45, 2.75) is 12.5 Å². The van der Waals surface area contributed by atoms with Gasteiger partial charge in [0, 0.05) is 18.7 Å². The summed E-state index contributed by atoms with van der Waals surface area (Å²) in [6, 6.07) is 0.393. The van der Waals surface area contributed by atoms with Gasteiger partial charge >= 0.3 is 5.97 Å². The number of nitrogens with one attached hydrogen (secondary N) is 2. The van der Waals surface area contributed by atoms with Crippen LogP contribution in [0.4, 0.5) is 5.82 Å². The Kier molecular flexibility index (Phi) is 3.66. The van der Waals surface area contributed by atoms with E-state index in [1.165, 1.54) is 6.08 Å². The fraction of sp³-hybridized carbons (Fsp3) is 0.364. The topological polar surface area (TPSA) is 87.1 Å². The van der Waals surface area contributed by atoms with Crippen molar-refractivity contribution in [1.29, 1.82) is 0 Å². The monoisotopic (exact) mass is 234 g/mol. The molecule has 0 aliphatic carbocycles. The van der Waals surface area contributed by atoms with Crippen LogP contribution in [0.5, 0.6) is 0 Å². The number of hydrogen-bond donors (Lipinski definition) is 3. The molecule has 6 nitrogen and oxygen atoms in total. The van der Waals surface area contributed by atoms with Crippen molar-refractivity contribution in [2.75, 3.05) is 18.4 Å². The molecule has 0 spiro atoms. The van der Waals surface area contributed by atoms with E-state index in [4.69, 9.17) is 5.11 Å². The predicted molar refractivity (Wildman–Crippen MR) is 63.6 cm³/mol. The van der Waals surface area contributed by atoms with Crippen molar-refractivity contribution in [2.24, 2.45) is 0 Å². The summed E-state index contributed by atoms with van der Waals surface area (Å²) in [5.41, 5.74) is 0.530. The highest BCUT2D eigenvalue weighted by Crippen LogP contribution is 2.08. The second-order valence-electron chi connectivity index (χ2n) is 3.83. The van der Waals surface area contributed by atoms with Crippen LogP contribution in [-0.2, 0) is 4.79 Å². The van der Waals surface area contributed by atoms with Gasteiger partial charge in [-0.05, 0) is 19.0 Å². The van der Waals surface area contributed by atoms with Crippen LogP contribution in [0, 0.1) is 0 Å². The second-order valence-corrected chi connectivity index (χ2v) is 3.83. The van der Waals surface area contributed by atoms with Gasteiger partial charge in [-0.1, -0.05) is 0 Å². The molecule has 3 N–H and O–H groups in total. The Balaban J connectivity index is 1.95. The average molecular weight is 234 g/mol. The van der Waals surface area contributed by atoms with Gasteiger partial charge in [0.25, 0.3) is 0 Å². The molecule has 0 bridgehead atoms. The van der Waals surface area contributed by atoms with Gasteiger partial charge in [-0.15, -0.1) is 0 Å². The number of carbonyl (C=O) groups is 1. The molecule has 1 aromatic rings. The van der Waals surface area contributed by atoms with Crippen LogP contribution < -0.4 is 10.6 Å². The minimum Gasteiger partial charge on any atom is -0.478 e. The van der Waals surface area contributed by atoms with Crippen LogP contribution in [-0.4, -0.2) is 40.2 Å². The first-order valence-corrected chi connectivity index (χ1v) is 5.44. The Labute approximate surface area is 98.8 Å². The number of anilines is 1. The lowest BCUT2D eigenvalue weighted by Crippen LogP contribution is -2.22. The quantitative estimate of drug-likeness (QED) is 0.651. The molecular weight excluding hydrogens is 220 g/mol. The summed E-state index contributed by atoms with van der Waals surface area (Å²) in [5.74, 6) is -0.280. The zero-order valence-electron chi connectivity index (χ0n) is 9.26. The third-order valence-electron chi connectivity index (χ3n) is 2.48. The summed E-state index contributed by atoms with van der Waals surface area (Å²) in [5, 5.41) is 15.0. The van der Waals surface area contributed by atoms with Gasteiger partial charge in [0.15, 0.2) is 0 Å². The van der Waals surface area contributed by atoms with Crippen molar-refractivity contribution < 1.29 is 9.90 Å². The summed E-state index contributed by atoms with van der Waals surface area (Å²) in [7, 11) is 0. The number of rotatable bonds is 4. The first kappa shape index (κ1) is 11.5. The third-order valence-corrected chi connectivity index (χ3v) is 2.48. The molecule has 2 rings (SSSR count). The van der Waals surface area contributed by atoms with Crippen molar-refractivity contribution in [3.63, 3.8) is 0 Å². The highest BCUT2D eigenvalue weighted by molar-refractivity contribution is 5.84. The highest BCUT2D eigenvalue weighted by atomic mass is 16.4. The predicted octanol–water partition coefficient (Wildman–Crippen LogP) is 0.348. The SMILES string of the molecule is O=C(O)/C=C/c1cnc(N[C@@H]2CCNC2)cn1. The average Bonchev–Trinajstić information content (AvgIpc) is 2.81. The molecule has 1 aromatic heterocycles. The number of hydrogen-bond acceptors (Lipinski definition) is 5. The first-order valence-electron chi connectivity index (χ1n) is 5.44. The van der Waals surface area contributed by atoms with E-state index in [9.17, 15) is 4.79 Å². The fourth-order valence-electron chi connectivity index (χ4n) is 1.64. The van der Waals surface area contributed by atoms with Crippen LogP contribution in [0.15, 0.2) is 18.5 Å². The fourth-order valence-corrected chi connectivity index (χ4v) is 1.64. The second kappa shape index (κ2) is 5.40. The first-order chi connectivity index (χ1) is 8.24. The molecule has 1 fully saturated rings. The summed E-state index contributed by atoms with van der Waals surface area (Å²) in [6.45, 7) is 1.95. The number of carboxylic acids is 1. The van der Waals surface area contributed by atoms with Crippen molar-refractivity contribution >= 4 is 17.9 Å². The highest BCUT2D eigenvalue weighted by Gasteiger charge is 2.13. The van der Waals surface area contributed by atoms with E-state index >= 15 is 0 Å². The molecule has 1 atom stereocenters. The molecule has 0 saturated carbocycles. The van der Waals surface area contributed by atoms with E-state index in [2.05, 4.69) is 20.6 Å². The molecular formula is C11H14N4O2. The van der Waals surface area contributed by atoms with Crippen molar-refractivity contribution in [3.05, 3.63) is 24.2 Å². The van der Waals surface area contributed by atoms with E-state index in [1.807, 2.05) is 0 Å². The van der Waals surface area contributed by atoms with E-state index in [1.54, 1.807) is 12.4 Å². The number of aromatic nitrogens is 2. The summed E-state index contributed by atoms with van der Waals surface area (Å²) in [6.07, 6.45) is 6.68. The van der Waals surface area contributed by atoms with Crippen LogP contribution in [0.3, 0.4) is 0 Å². The molecule has 0 radical (unpaired) electrons. The van der Waals surface area contributed by atoms with Gasteiger partial charge in [-0.25, -0.2) is 9.78 Å². The van der Waals surface area contributed by atoms with E-state index < -0.39 is 5.97 Å². The number of carboxylic acid groups (broad SMARTS) is 1. The lowest BCUT2D eigenvalue weighted by atomic mass is 10.2. The maximum atomic E-state index is 10.3. The maximum absolute atomic E-state index is 10.3. The molecule has 1 saturated heterocycles. The minimum absolute atomic E-state index is 0.393. The lowest BCUT2D eigenvalue weighted by molar-refractivity contribution is -0.131. The molecule has 1 aliphatic rings. The Morgan fingerprint density at radius 1 is 1.53 bits per heavy atom. The smallest absolute Gasteiger partial charge is 0.328 e. The normalized spacial score (nSPS) is 19.6. The number of nitrogens with zero attached hydrogens (tertiary/aromatic N) is 2. The lowest BCUT2D eigenvalue weighted by Gasteiger charge is -2.10. The van der Waals surface area contributed by atoms with Gasteiger partial charge in [0.2, 0.25) is 0 Å². The van der Waals surface area contributed by atoms with Gasteiger partial charge in [0.05, 0.1) is 18.1 Å². The van der Waals surface area contributed by atoms with E-state index in [-0.39, 0.29) is 0 Å². The van der Waals surface area contributed by atoms with Crippen molar-refractivity contribution in [1.82, 2.24) is 15.3 Å². The largest absolute Gasteiger partial charge is 0.478 e. The molecule has 0 aromatic carbocycles. The molecule has 17 heavy (non-hydrogen) atoms. The van der Waals surface area contributed by atoms with Gasteiger partial charge in [0.1, 0.15) is 5.82 Å². The molecule has 6 heteroatoms. The molecule has 2 heterocycles. The van der Waals surface area contributed by atoms with E-state index in [0.29, 0.717) is 17.6 Å². The van der Waals surface area contributed by atoms with Crippen LogP contribution >= 0.6 is 0 Å². The van der Waals surface area contributed by atoms with Gasteiger partial charge < -0.3 is 15.7 Å². The summed E-state index contributed by atoms with van der Waals surface area (Å²) >= 11 is 0. The Hall–Kier alpha value is -1.95. The minimum atomic E-state index is -0.994.